The van der Waals surface area contributed by atoms with Gasteiger partial charge in [-0.1, -0.05) is 17.7 Å². The van der Waals surface area contributed by atoms with Crippen molar-refractivity contribution in [2.24, 2.45) is 0 Å². The fraction of sp³-hybridized carbons (Fsp3) is 0.235. The Kier molecular flexibility index (Phi) is 5.28. The van der Waals surface area contributed by atoms with Gasteiger partial charge in [0.2, 0.25) is 0 Å². The van der Waals surface area contributed by atoms with E-state index in [0.717, 1.165) is 11.3 Å². The van der Waals surface area contributed by atoms with Crippen LogP contribution < -0.4 is 10.1 Å². The van der Waals surface area contributed by atoms with Gasteiger partial charge in [0.05, 0.1) is 0 Å². The molecule has 1 unspecified atom stereocenters. The summed E-state index contributed by atoms with van der Waals surface area (Å²) < 4.78 is 5.65. The van der Waals surface area contributed by atoms with Crippen LogP contribution in [0.1, 0.15) is 12.5 Å². The van der Waals surface area contributed by atoms with Gasteiger partial charge in [0.15, 0.2) is 6.10 Å². The predicted octanol–water partition coefficient (Wildman–Crippen LogP) is 4.12. The molecule has 0 saturated carbocycles. The molecule has 110 valence electrons. The van der Waals surface area contributed by atoms with E-state index in [9.17, 15) is 4.79 Å². The number of ether oxygens (including phenoxy) is 1. The molecule has 1 atom stereocenters. The summed E-state index contributed by atoms with van der Waals surface area (Å²) in [6.45, 7) is 3.75. The first-order chi connectivity index (χ1) is 10.1. The van der Waals surface area contributed by atoms with Crippen LogP contribution in [0.3, 0.4) is 0 Å². The molecule has 0 saturated heterocycles. The molecule has 4 heteroatoms. The summed E-state index contributed by atoms with van der Waals surface area (Å²) in [7, 11) is 0. The lowest BCUT2D eigenvalue weighted by molar-refractivity contribution is -0.122. The number of amides is 1. The SMILES string of the molecule is CSc1ccc(OC(C)C(=O)Nc2ccc(C)cc2)cc1. The lowest BCUT2D eigenvalue weighted by Crippen LogP contribution is -2.30. The molecule has 0 fully saturated rings. The van der Waals surface area contributed by atoms with Gasteiger partial charge in [-0.3, -0.25) is 4.79 Å². The van der Waals surface area contributed by atoms with Crippen molar-refractivity contribution in [1.29, 1.82) is 0 Å². The molecule has 21 heavy (non-hydrogen) atoms. The summed E-state index contributed by atoms with van der Waals surface area (Å²) in [6, 6.07) is 15.4. The van der Waals surface area contributed by atoms with Gasteiger partial charge in [0.1, 0.15) is 5.75 Å². The van der Waals surface area contributed by atoms with Crippen LogP contribution >= 0.6 is 11.8 Å². The second kappa shape index (κ2) is 7.18. The number of thioether (sulfide) groups is 1. The summed E-state index contributed by atoms with van der Waals surface area (Å²) in [6.07, 6.45) is 1.47. The van der Waals surface area contributed by atoms with Gasteiger partial charge >= 0.3 is 0 Å². The van der Waals surface area contributed by atoms with Crippen LogP contribution in [0.2, 0.25) is 0 Å². The maximum Gasteiger partial charge on any atom is 0.265 e. The summed E-state index contributed by atoms with van der Waals surface area (Å²) in [5.41, 5.74) is 1.94. The van der Waals surface area contributed by atoms with Crippen LogP contribution in [-0.4, -0.2) is 18.3 Å². The summed E-state index contributed by atoms with van der Waals surface area (Å²) in [5, 5.41) is 2.84. The minimum absolute atomic E-state index is 0.159. The highest BCUT2D eigenvalue weighted by atomic mass is 32.2. The lowest BCUT2D eigenvalue weighted by atomic mass is 10.2. The van der Waals surface area contributed by atoms with E-state index in [1.807, 2.05) is 61.7 Å². The number of hydrogen-bond donors (Lipinski definition) is 1. The monoisotopic (exact) mass is 301 g/mol. The van der Waals surface area contributed by atoms with Crippen LogP contribution in [0.25, 0.3) is 0 Å². The van der Waals surface area contributed by atoms with Crippen molar-refractivity contribution in [3.63, 3.8) is 0 Å². The fourth-order valence-corrected chi connectivity index (χ4v) is 2.20. The first-order valence-electron chi connectivity index (χ1n) is 6.77. The van der Waals surface area contributed by atoms with E-state index in [2.05, 4.69) is 5.32 Å². The normalized spacial score (nSPS) is 11.8. The quantitative estimate of drug-likeness (QED) is 0.844. The van der Waals surface area contributed by atoms with E-state index in [4.69, 9.17) is 4.74 Å². The average Bonchev–Trinajstić information content (AvgIpc) is 2.50. The van der Waals surface area contributed by atoms with Gasteiger partial charge in [-0.25, -0.2) is 0 Å². The molecule has 1 N–H and O–H groups in total. The van der Waals surface area contributed by atoms with Gasteiger partial charge in [-0.05, 0) is 56.5 Å². The Balaban J connectivity index is 1.93. The van der Waals surface area contributed by atoms with Crippen LogP contribution in [0.4, 0.5) is 5.69 Å². The minimum Gasteiger partial charge on any atom is -0.481 e. The third-order valence-corrected chi connectivity index (χ3v) is 3.80. The van der Waals surface area contributed by atoms with E-state index >= 15 is 0 Å². The molecule has 0 bridgehead atoms. The van der Waals surface area contributed by atoms with Gasteiger partial charge in [0, 0.05) is 10.6 Å². The molecular weight excluding hydrogens is 282 g/mol. The number of benzene rings is 2. The molecule has 1 amide bonds. The standard InChI is InChI=1S/C17H19NO2S/c1-12-4-6-14(7-5-12)18-17(19)13(2)20-15-8-10-16(21-3)11-9-15/h4-11,13H,1-3H3,(H,18,19). The van der Waals surface area contributed by atoms with E-state index in [-0.39, 0.29) is 5.91 Å². The van der Waals surface area contributed by atoms with Crippen molar-refractivity contribution in [2.45, 2.75) is 24.8 Å². The zero-order chi connectivity index (χ0) is 15.2. The van der Waals surface area contributed by atoms with Crippen molar-refractivity contribution in [3.8, 4) is 5.75 Å². The number of hydrogen-bond acceptors (Lipinski definition) is 3. The van der Waals surface area contributed by atoms with Crippen LogP contribution in [0.15, 0.2) is 53.4 Å². The van der Waals surface area contributed by atoms with Gasteiger partial charge in [-0.2, -0.15) is 0 Å². The number of rotatable bonds is 5. The number of anilines is 1. The van der Waals surface area contributed by atoms with Crippen molar-refractivity contribution in [2.75, 3.05) is 11.6 Å². The van der Waals surface area contributed by atoms with Gasteiger partial charge in [-0.15, -0.1) is 11.8 Å². The van der Waals surface area contributed by atoms with Gasteiger partial charge in [0.25, 0.3) is 5.91 Å². The Morgan fingerprint density at radius 1 is 1.10 bits per heavy atom. The molecule has 0 heterocycles. The molecule has 0 radical (unpaired) electrons. The maximum absolute atomic E-state index is 12.1. The van der Waals surface area contributed by atoms with E-state index in [0.29, 0.717) is 5.75 Å². The summed E-state index contributed by atoms with van der Waals surface area (Å²) in [4.78, 5) is 13.3. The second-order valence-corrected chi connectivity index (χ2v) is 5.67. The molecule has 2 rings (SSSR count). The Hall–Kier alpha value is -1.94. The van der Waals surface area contributed by atoms with Crippen molar-refractivity contribution in [3.05, 3.63) is 54.1 Å². The van der Waals surface area contributed by atoms with Crippen molar-refractivity contribution >= 4 is 23.4 Å². The minimum atomic E-state index is -0.550. The number of aryl methyl sites for hydroxylation is 1. The molecular formula is C17H19NO2S. The predicted molar refractivity (Wildman–Crippen MR) is 88.1 cm³/mol. The van der Waals surface area contributed by atoms with Crippen LogP contribution in [0, 0.1) is 6.92 Å². The molecule has 2 aromatic carbocycles. The van der Waals surface area contributed by atoms with Crippen molar-refractivity contribution < 1.29 is 9.53 Å². The Morgan fingerprint density at radius 3 is 2.29 bits per heavy atom. The molecule has 0 spiro atoms. The Morgan fingerprint density at radius 2 is 1.71 bits per heavy atom. The van der Waals surface area contributed by atoms with Crippen LogP contribution in [0.5, 0.6) is 5.75 Å². The number of carbonyl (C=O) groups excluding carboxylic acids is 1. The maximum atomic E-state index is 12.1. The number of carbonyl (C=O) groups is 1. The van der Waals surface area contributed by atoms with Crippen molar-refractivity contribution in [1.82, 2.24) is 0 Å². The highest BCUT2D eigenvalue weighted by Gasteiger charge is 2.14. The second-order valence-electron chi connectivity index (χ2n) is 4.79. The van der Waals surface area contributed by atoms with E-state index in [1.165, 1.54) is 4.90 Å². The molecule has 3 nitrogen and oxygen atoms in total. The largest absolute Gasteiger partial charge is 0.481 e. The smallest absolute Gasteiger partial charge is 0.265 e. The van der Waals surface area contributed by atoms with Crippen LogP contribution in [-0.2, 0) is 4.79 Å². The highest BCUT2D eigenvalue weighted by molar-refractivity contribution is 7.98. The van der Waals surface area contributed by atoms with E-state index < -0.39 is 6.10 Å². The molecule has 0 aliphatic rings. The topological polar surface area (TPSA) is 38.3 Å². The highest BCUT2D eigenvalue weighted by Crippen LogP contribution is 2.20. The molecule has 0 aromatic heterocycles. The first-order valence-corrected chi connectivity index (χ1v) is 7.99. The zero-order valence-electron chi connectivity index (χ0n) is 12.4. The lowest BCUT2D eigenvalue weighted by Gasteiger charge is -2.15. The summed E-state index contributed by atoms with van der Waals surface area (Å²) in [5.74, 6) is 0.534. The Bertz CT molecular complexity index is 593. The third-order valence-electron chi connectivity index (χ3n) is 3.06. The number of nitrogens with one attached hydrogen (secondary N) is 1. The molecule has 0 aliphatic heterocycles. The molecule has 2 aromatic rings. The zero-order valence-corrected chi connectivity index (χ0v) is 13.2. The summed E-state index contributed by atoms with van der Waals surface area (Å²) >= 11 is 1.67. The fourth-order valence-electron chi connectivity index (χ4n) is 1.79. The third kappa shape index (κ3) is 4.53. The van der Waals surface area contributed by atoms with E-state index in [1.54, 1.807) is 18.7 Å². The first kappa shape index (κ1) is 15.4. The molecule has 0 aliphatic carbocycles. The Labute approximate surface area is 129 Å². The average molecular weight is 301 g/mol. The van der Waals surface area contributed by atoms with Gasteiger partial charge < -0.3 is 10.1 Å².